The number of nitrogens with two attached hydrogens (primary N) is 1. The minimum atomic E-state index is -2.34. The molecule has 0 aliphatic carbocycles. The molecule has 1 aromatic heterocycles. The van der Waals surface area contributed by atoms with Crippen LogP contribution in [0.25, 0.3) is 0 Å². The zero-order valence-corrected chi connectivity index (χ0v) is 27.6. The van der Waals surface area contributed by atoms with E-state index in [2.05, 4.69) is 38.8 Å². The van der Waals surface area contributed by atoms with Crippen LogP contribution in [0.1, 0.15) is 37.5 Å². The summed E-state index contributed by atoms with van der Waals surface area (Å²) in [7, 11) is -0.773. The Morgan fingerprint density at radius 3 is 1.98 bits per heavy atom. The standard InChI is InChI=1S/C35H42FN3O5Si/c1-33(2,3)45(5,6)43-23-28-30(40)31(36)35(44-28,39-22-21-29(37)38-32(39)41)34(24-13-9-7-10-14-24,25-15-11-8-12-16-25)26-17-19-27(42-4)20-18-26/h7-22,28,30-31,40H,23H2,1-6H3,(H2,37,38,41)/t28-,30-,31-,35+/m1/s1. The van der Waals surface area contributed by atoms with Gasteiger partial charge in [0.2, 0.25) is 5.72 Å². The number of benzene rings is 3. The van der Waals surface area contributed by atoms with Gasteiger partial charge in [-0.25, -0.2) is 9.18 Å². The molecule has 238 valence electrons. The third-order valence-corrected chi connectivity index (χ3v) is 14.0. The van der Waals surface area contributed by atoms with Crippen LogP contribution in [-0.4, -0.2) is 55.1 Å². The van der Waals surface area contributed by atoms with E-state index in [0.717, 1.165) is 4.57 Å². The topological polar surface area (TPSA) is 109 Å². The number of alkyl halides is 1. The lowest BCUT2D eigenvalue weighted by molar-refractivity contribution is -0.165. The van der Waals surface area contributed by atoms with Crippen molar-refractivity contribution in [3.8, 4) is 5.75 Å². The van der Waals surface area contributed by atoms with Crippen molar-refractivity contribution in [3.05, 3.63) is 124 Å². The molecule has 4 atom stereocenters. The van der Waals surface area contributed by atoms with Crippen LogP contribution in [-0.2, 0) is 20.3 Å². The highest BCUT2D eigenvalue weighted by Gasteiger charge is 2.69. The Morgan fingerprint density at radius 2 is 1.49 bits per heavy atom. The van der Waals surface area contributed by atoms with E-state index >= 15 is 4.39 Å². The quantitative estimate of drug-likeness (QED) is 0.182. The number of hydrogen-bond donors (Lipinski definition) is 2. The van der Waals surface area contributed by atoms with E-state index in [1.54, 1.807) is 19.2 Å². The van der Waals surface area contributed by atoms with Crippen LogP contribution in [0.15, 0.2) is 102 Å². The van der Waals surface area contributed by atoms with Crippen molar-refractivity contribution in [1.29, 1.82) is 0 Å². The van der Waals surface area contributed by atoms with Gasteiger partial charge in [-0.1, -0.05) is 93.6 Å². The summed E-state index contributed by atoms with van der Waals surface area (Å²) in [6.07, 6.45) is -3.50. The molecule has 0 saturated carbocycles. The van der Waals surface area contributed by atoms with Crippen LogP contribution in [0, 0.1) is 0 Å². The first-order valence-corrected chi connectivity index (χ1v) is 18.0. The maximum atomic E-state index is 17.7. The molecule has 45 heavy (non-hydrogen) atoms. The average Bonchev–Trinajstić information content (AvgIpc) is 3.27. The van der Waals surface area contributed by atoms with Gasteiger partial charge >= 0.3 is 5.69 Å². The normalized spacial score (nSPS) is 22.4. The monoisotopic (exact) mass is 631 g/mol. The van der Waals surface area contributed by atoms with Gasteiger partial charge in [0.25, 0.3) is 0 Å². The van der Waals surface area contributed by atoms with Crippen molar-refractivity contribution in [2.45, 2.75) is 68.4 Å². The molecule has 5 rings (SSSR count). The van der Waals surface area contributed by atoms with Gasteiger partial charge in [0.15, 0.2) is 14.5 Å². The van der Waals surface area contributed by atoms with Crippen molar-refractivity contribution < 1.29 is 23.4 Å². The lowest BCUT2D eigenvalue weighted by Crippen LogP contribution is -2.63. The van der Waals surface area contributed by atoms with Gasteiger partial charge in [-0.05, 0) is 53.0 Å². The second-order valence-corrected chi connectivity index (χ2v) is 17.8. The van der Waals surface area contributed by atoms with E-state index in [-0.39, 0.29) is 17.5 Å². The van der Waals surface area contributed by atoms with E-state index in [9.17, 15) is 9.90 Å². The van der Waals surface area contributed by atoms with Crippen molar-refractivity contribution in [3.63, 3.8) is 0 Å². The van der Waals surface area contributed by atoms with E-state index in [1.165, 1.54) is 12.3 Å². The van der Waals surface area contributed by atoms with Gasteiger partial charge in [-0.15, -0.1) is 0 Å². The van der Waals surface area contributed by atoms with E-state index < -0.39 is 43.5 Å². The SMILES string of the molecule is COc1ccc(C(c2ccccc2)(c2ccccc2)[C@@]2(n3ccc(N)nc3=O)O[C@H](CO[Si](C)(C)C(C)(C)C)[C@@H](O)[C@H]2F)cc1. The van der Waals surface area contributed by atoms with Gasteiger partial charge < -0.3 is 24.7 Å². The summed E-state index contributed by atoms with van der Waals surface area (Å²) in [5.74, 6) is 0.576. The Kier molecular flexibility index (Phi) is 8.80. The summed E-state index contributed by atoms with van der Waals surface area (Å²) >= 11 is 0. The molecule has 8 nitrogen and oxygen atoms in total. The molecule has 1 fully saturated rings. The predicted octanol–water partition coefficient (Wildman–Crippen LogP) is 5.64. The molecule has 4 aromatic rings. The Hall–Kier alpha value is -3.83. The van der Waals surface area contributed by atoms with Gasteiger partial charge in [0, 0.05) is 6.20 Å². The molecule has 1 saturated heterocycles. The molecule has 3 N–H and O–H groups in total. The summed E-state index contributed by atoms with van der Waals surface area (Å²) < 4.78 is 37.7. The third-order valence-electron chi connectivity index (χ3n) is 9.46. The van der Waals surface area contributed by atoms with Crippen molar-refractivity contribution in [2.75, 3.05) is 19.5 Å². The molecular formula is C35H42FN3O5Si. The summed E-state index contributed by atoms with van der Waals surface area (Å²) in [6.45, 7) is 10.4. The molecule has 1 aliphatic heterocycles. The van der Waals surface area contributed by atoms with Crippen LogP contribution >= 0.6 is 0 Å². The summed E-state index contributed by atoms with van der Waals surface area (Å²) in [5.41, 5.74) is 3.24. The van der Waals surface area contributed by atoms with Crippen LogP contribution in [0.4, 0.5) is 10.2 Å². The second kappa shape index (κ2) is 12.2. The Morgan fingerprint density at radius 1 is 0.956 bits per heavy atom. The second-order valence-electron chi connectivity index (χ2n) is 13.0. The molecule has 0 radical (unpaired) electrons. The third kappa shape index (κ3) is 5.39. The first kappa shape index (κ1) is 32.6. The minimum absolute atomic E-state index is 0.0207. The molecule has 0 unspecified atom stereocenters. The van der Waals surface area contributed by atoms with Crippen LogP contribution in [0.3, 0.4) is 0 Å². The molecule has 2 heterocycles. The number of anilines is 1. The number of aliphatic hydroxyl groups excluding tert-OH is 1. The molecule has 3 aromatic carbocycles. The average molecular weight is 632 g/mol. The number of ether oxygens (including phenoxy) is 2. The van der Waals surface area contributed by atoms with Gasteiger partial charge in [0.05, 0.1) is 19.1 Å². The smallest absolute Gasteiger partial charge is 0.351 e. The molecule has 0 bridgehead atoms. The maximum absolute atomic E-state index is 17.7. The van der Waals surface area contributed by atoms with Crippen LogP contribution in [0.5, 0.6) is 5.75 Å². The highest BCUT2D eigenvalue weighted by molar-refractivity contribution is 6.74. The predicted molar refractivity (Wildman–Crippen MR) is 176 cm³/mol. The van der Waals surface area contributed by atoms with Crippen molar-refractivity contribution in [1.82, 2.24) is 9.55 Å². The first-order chi connectivity index (χ1) is 21.3. The molecule has 10 heteroatoms. The fourth-order valence-electron chi connectivity index (χ4n) is 6.10. The largest absolute Gasteiger partial charge is 0.497 e. The van der Waals surface area contributed by atoms with E-state index in [1.807, 2.05) is 72.8 Å². The first-order valence-electron chi connectivity index (χ1n) is 15.0. The van der Waals surface area contributed by atoms with E-state index in [4.69, 9.17) is 19.6 Å². The molecule has 1 aliphatic rings. The zero-order valence-electron chi connectivity index (χ0n) is 26.6. The highest BCUT2D eigenvalue weighted by Crippen LogP contribution is 2.58. The number of hydrogen-bond acceptors (Lipinski definition) is 7. The summed E-state index contributed by atoms with van der Waals surface area (Å²) in [4.78, 5) is 17.9. The number of aliphatic hydroxyl groups is 1. The molecule has 0 amide bonds. The Balaban J connectivity index is 1.88. The van der Waals surface area contributed by atoms with E-state index in [0.29, 0.717) is 22.4 Å². The lowest BCUT2D eigenvalue weighted by atomic mass is 9.61. The number of halogens is 1. The number of nitrogens with zero attached hydrogens (tertiary/aromatic N) is 2. The number of methoxy groups -OCH3 is 1. The maximum Gasteiger partial charge on any atom is 0.351 e. The lowest BCUT2D eigenvalue weighted by Gasteiger charge is -2.50. The zero-order chi connectivity index (χ0) is 32.6. The Labute approximate surface area is 264 Å². The highest BCUT2D eigenvalue weighted by atomic mass is 28.4. The number of nitrogen functional groups attached to an aromatic ring is 1. The van der Waals surface area contributed by atoms with Crippen LogP contribution in [0.2, 0.25) is 18.1 Å². The fraction of sp³-hybridized carbons (Fsp3) is 0.371. The van der Waals surface area contributed by atoms with Crippen molar-refractivity contribution >= 4 is 14.1 Å². The molecular weight excluding hydrogens is 589 g/mol. The Bertz CT molecular complexity index is 1620. The van der Waals surface area contributed by atoms with Gasteiger partial charge in [-0.2, -0.15) is 4.98 Å². The van der Waals surface area contributed by atoms with Crippen molar-refractivity contribution in [2.24, 2.45) is 0 Å². The number of aromatic nitrogens is 2. The van der Waals surface area contributed by atoms with Gasteiger partial charge in [0.1, 0.15) is 23.8 Å². The summed E-state index contributed by atoms with van der Waals surface area (Å²) in [6, 6.07) is 27.3. The fourth-order valence-corrected chi connectivity index (χ4v) is 7.11. The van der Waals surface area contributed by atoms with Crippen LogP contribution < -0.4 is 16.2 Å². The number of rotatable bonds is 9. The minimum Gasteiger partial charge on any atom is -0.497 e. The van der Waals surface area contributed by atoms with Gasteiger partial charge in [-0.3, -0.25) is 4.57 Å². The summed E-state index contributed by atoms with van der Waals surface area (Å²) in [5, 5.41) is 11.6. The molecule has 0 spiro atoms.